The quantitative estimate of drug-likeness (QED) is 0.339. The van der Waals surface area contributed by atoms with Crippen LogP contribution in [-0.4, -0.2) is 47.4 Å². The smallest absolute Gasteiger partial charge is 0.163 e. The molecule has 4 rings (SSSR count). The number of aliphatic hydroxyl groups is 2. The SMILES string of the molecule is COc1cc(C(=O)CCC(C)(O)c2cc3c(c(-c4ccc(F)cc4)n2)OCC3(C)N)ccc1OC[C@@H](C)O. The number of benzene rings is 2. The van der Waals surface area contributed by atoms with E-state index in [1.165, 1.54) is 19.2 Å². The van der Waals surface area contributed by atoms with Gasteiger partial charge < -0.3 is 30.2 Å². The first-order chi connectivity index (χ1) is 17.9. The first-order valence-electron chi connectivity index (χ1n) is 12.4. The molecule has 3 aromatic rings. The molecule has 9 heteroatoms. The third-order valence-corrected chi connectivity index (χ3v) is 6.58. The second-order valence-electron chi connectivity index (χ2n) is 10.2. The molecule has 2 heterocycles. The average molecular weight is 525 g/mol. The summed E-state index contributed by atoms with van der Waals surface area (Å²) >= 11 is 0. The van der Waals surface area contributed by atoms with Crippen LogP contribution in [0.1, 0.15) is 55.2 Å². The minimum Gasteiger partial charge on any atom is -0.493 e. The number of methoxy groups -OCH3 is 1. The number of ether oxygens (including phenoxy) is 3. The molecule has 0 radical (unpaired) electrons. The van der Waals surface area contributed by atoms with Gasteiger partial charge in [0.2, 0.25) is 0 Å². The van der Waals surface area contributed by atoms with Gasteiger partial charge in [-0.15, -0.1) is 0 Å². The molecule has 1 aliphatic heterocycles. The lowest BCUT2D eigenvalue weighted by atomic mass is 9.88. The summed E-state index contributed by atoms with van der Waals surface area (Å²) in [4.78, 5) is 17.7. The number of aliphatic hydroxyl groups excluding tert-OH is 1. The number of pyridine rings is 1. The van der Waals surface area contributed by atoms with E-state index in [-0.39, 0.29) is 37.7 Å². The van der Waals surface area contributed by atoms with Gasteiger partial charge in [-0.1, -0.05) is 0 Å². The summed E-state index contributed by atoms with van der Waals surface area (Å²) in [6.45, 7) is 5.36. The maximum atomic E-state index is 13.6. The molecule has 202 valence electrons. The number of nitrogens with two attached hydrogens (primary N) is 1. The van der Waals surface area contributed by atoms with Crippen molar-refractivity contribution in [2.75, 3.05) is 20.3 Å². The molecule has 0 saturated carbocycles. The van der Waals surface area contributed by atoms with Crippen molar-refractivity contribution in [1.29, 1.82) is 0 Å². The van der Waals surface area contributed by atoms with Crippen LogP contribution in [0.4, 0.5) is 4.39 Å². The number of hydrogen-bond donors (Lipinski definition) is 3. The van der Waals surface area contributed by atoms with E-state index in [9.17, 15) is 19.4 Å². The second kappa shape index (κ2) is 10.7. The maximum absolute atomic E-state index is 13.6. The van der Waals surface area contributed by atoms with Gasteiger partial charge in [0.15, 0.2) is 23.0 Å². The van der Waals surface area contributed by atoms with E-state index in [0.717, 1.165) is 0 Å². The first-order valence-corrected chi connectivity index (χ1v) is 12.4. The number of aromatic nitrogens is 1. The highest BCUT2D eigenvalue weighted by Crippen LogP contribution is 2.44. The number of nitrogens with zero attached hydrogens (tertiary/aromatic N) is 1. The lowest BCUT2D eigenvalue weighted by Crippen LogP contribution is -2.35. The van der Waals surface area contributed by atoms with Gasteiger partial charge in [-0.25, -0.2) is 9.37 Å². The predicted octanol–water partition coefficient (Wildman–Crippen LogP) is 4.09. The van der Waals surface area contributed by atoms with Crippen molar-refractivity contribution < 1.29 is 33.6 Å². The molecule has 1 aromatic heterocycles. The molecule has 8 nitrogen and oxygen atoms in total. The fourth-order valence-electron chi connectivity index (χ4n) is 4.28. The third kappa shape index (κ3) is 5.80. The second-order valence-corrected chi connectivity index (χ2v) is 10.2. The van der Waals surface area contributed by atoms with Gasteiger partial charge in [-0.2, -0.15) is 0 Å². The molecule has 2 unspecified atom stereocenters. The van der Waals surface area contributed by atoms with E-state index in [2.05, 4.69) is 4.98 Å². The molecule has 1 aliphatic rings. The molecule has 0 bridgehead atoms. The van der Waals surface area contributed by atoms with Crippen molar-refractivity contribution in [1.82, 2.24) is 4.98 Å². The van der Waals surface area contributed by atoms with Gasteiger partial charge in [0.05, 0.1) is 24.4 Å². The van der Waals surface area contributed by atoms with Crippen molar-refractivity contribution >= 4 is 5.78 Å². The Morgan fingerprint density at radius 3 is 2.61 bits per heavy atom. The maximum Gasteiger partial charge on any atom is 0.163 e. The van der Waals surface area contributed by atoms with Crippen LogP contribution >= 0.6 is 0 Å². The Labute approximate surface area is 221 Å². The van der Waals surface area contributed by atoms with Crippen LogP contribution in [0.5, 0.6) is 17.2 Å². The van der Waals surface area contributed by atoms with E-state index in [1.807, 2.05) is 6.92 Å². The number of hydrogen-bond acceptors (Lipinski definition) is 8. The topological polar surface area (TPSA) is 124 Å². The van der Waals surface area contributed by atoms with E-state index in [0.29, 0.717) is 45.3 Å². The largest absolute Gasteiger partial charge is 0.493 e. The summed E-state index contributed by atoms with van der Waals surface area (Å²) in [5, 5.41) is 20.9. The van der Waals surface area contributed by atoms with Crippen LogP contribution < -0.4 is 19.9 Å². The molecular formula is C29H33FN2O6. The van der Waals surface area contributed by atoms with Crippen molar-refractivity contribution in [3.05, 3.63) is 71.2 Å². The Morgan fingerprint density at radius 2 is 1.95 bits per heavy atom. The normalized spacial score (nSPS) is 18.7. The standard InChI is InChI=1S/C29H33FN2O6/c1-17(33)15-37-23-10-7-19(13-24(23)36-4)22(34)11-12-29(3,35)25-14-21-27(38-16-28(21,2)31)26(32-25)18-5-8-20(30)9-6-18/h5-10,13-14,17,33,35H,11-12,15-16,31H2,1-4H3/t17-,28?,29?/m1/s1. The van der Waals surface area contributed by atoms with E-state index in [1.54, 1.807) is 50.2 Å². The molecule has 0 aliphatic carbocycles. The highest BCUT2D eigenvalue weighted by molar-refractivity contribution is 5.96. The number of rotatable bonds is 10. The first kappa shape index (κ1) is 27.5. The Morgan fingerprint density at radius 1 is 1.24 bits per heavy atom. The van der Waals surface area contributed by atoms with Gasteiger partial charge in [-0.05, 0) is 75.7 Å². The van der Waals surface area contributed by atoms with Gasteiger partial charge >= 0.3 is 0 Å². The summed E-state index contributed by atoms with van der Waals surface area (Å²) in [6.07, 6.45) is -0.528. The molecule has 0 spiro atoms. The average Bonchev–Trinajstić information content (AvgIpc) is 3.20. The van der Waals surface area contributed by atoms with Crippen LogP contribution in [0.15, 0.2) is 48.5 Å². The number of ketones is 1. The Hall–Kier alpha value is -3.53. The van der Waals surface area contributed by atoms with Crippen LogP contribution in [0.25, 0.3) is 11.3 Å². The lowest BCUT2D eigenvalue weighted by Gasteiger charge is -2.25. The van der Waals surface area contributed by atoms with Gasteiger partial charge in [-0.3, -0.25) is 4.79 Å². The molecule has 0 saturated heterocycles. The number of fused-ring (bicyclic) bond motifs is 1. The van der Waals surface area contributed by atoms with Gasteiger partial charge in [0.25, 0.3) is 0 Å². The van der Waals surface area contributed by atoms with Crippen molar-refractivity contribution in [2.24, 2.45) is 5.73 Å². The summed E-state index contributed by atoms with van der Waals surface area (Å²) in [5.74, 6) is 0.713. The van der Waals surface area contributed by atoms with Crippen LogP contribution in [0, 0.1) is 5.82 Å². The van der Waals surface area contributed by atoms with E-state index in [4.69, 9.17) is 19.9 Å². The fraction of sp³-hybridized carbons (Fsp3) is 0.379. The molecular weight excluding hydrogens is 491 g/mol. The zero-order chi connectivity index (χ0) is 27.7. The van der Waals surface area contributed by atoms with Crippen molar-refractivity contribution in [3.63, 3.8) is 0 Å². The molecule has 0 amide bonds. The van der Waals surface area contributed by atoms with Gasteiger partial charge in [0, 0.05) is 23.1 Å². The predicted molar refractivity (Wildman–Crippen MR) is 140 cm³/mol. The minimum atomic E-state index is -1.47. The monoisotopic (exact) mass is 524 g/mol. The Bertz CT molecular complexity index is 1320. The zero-order valence-corrected chi connectivity index (χ0v) is 22.0. The molecule has 0 fully saturated rings. The summed E-state index contributed by atoms with van der Waals surface area (Å²) in [6, 6.07) is 12.4. The lowest BCUT2D eigenvalue weighted by molar-refractivity contribution is 0.0396. The van der Waals surface area contributed by atoms with Crippen LogP contribution in [0.2, 0.25) is 0 Å². The highest BCUT2D eigenvalue weighted by atomic mass is 19.1. The fourth-order valence-corrected chi connectivity index (χ4v) is 4.28. The summed E-state index contributed by atoms with van der Waals surface area (Å²) in [7, 11) is 1.47. The van der Waals surface area contributed by atoms with E-state index < -0.39 is 17.2 Å². The summed E-state index contributed by atoms with van der Waals surface area (Å²) in [5.41, 5.74) is 6.69. The minimum absolute atomic E-state index is 0.0328. The Kier molecular flexibility index (Phi) is 7.73. The van der Waals surface area contributed by atoms with Crippen molar-refractivity contribution in [3.8, 4) is 28.5 Å². The van der Waals surface area contributed by atoms with Crippen molar-refractivity contribution in [2.45, 2.75) is 50.9 Å². The van der Waals surface area contributed by atoms with E-state index >= 15 is 0 Å². The number of halogens is 1. The molecule has 4 N–H and O–H groups in total. The Balaban J connectivity index is 1.58. The number of carbonyl (C=O) groups is 1. The zero-order valence-electron chi connectivity index (χ0n) is 22.0. The third-order valence-electron chi connectivity index (χ3n) is 6.58. The van der Waals surface area contributed by atoms with Gasteiger partial charge in [0.1, 0.15) is 30.3 Å². The summed E-state index contributed by atoms with van der Waals surface area (Å²) < 4.78 is 30.3. The molecule has 3 atom stereocenters. The number of Topliss-reactive ketones (excluding diaryl/α,β-unsaturated/α-hetero) is 1. The van der Waals surface area contributed by atoms with Crippen LogP contribution in [0.3, 0.4) is 0 Å². The number of carbonyl (C=O) groups excluding carboxylic acids is 1. The van der Waals surface area contributed by atoms with Crippen LogP contribution in [-0.2, 0) is 11.1 Å². The highest BCUT2D eigenvalue weighted by Gasteiger charge is 2.38. The molecule has 38 heavy (non-hydrogen) atoms. The molecule has 2 aromatic carbocycles.